The Balaban J connectivity index is 1.14. The van der Waals surface area contributed by atoms with Crippen LogP contribution in [0.25, 0.3) is 0 Å². The zero-order chi connectivity index (χ0) is 27.5. The number of ether oxygens (including phenoxy) is 2. The minimum Gasteiger partial charge on any atom is -0.464 e. The van der Waals surface area contributed by atoms with Crippen molar-refractivity contribution < 1.29 is 24.5 Å². The topological polar surface area (TPSA) is 79.2 Å². The van der Waals surface area contributed by atoms with Gasteiger partial charge < -0.3 is 19.7 Å². The highest BCUT2D eigenvalue weighted by Gasteiger charge is 2.41. The predicted octanol–water partition coefficient (Wildman–Crippen LogP) is 5.98. The van der Waals surface area contributed by atoms with Crippen molar-refractivity contribution in [3.05, 3.63) is 35.4 Å². The minimum atomic E-state index is -0.428. The van der Waals surface area contributed by atoms with E-state index in [0.717, 1.165) is 82.5 Å². The van der Waals surface area contributed by atoms with Crippen molar-refractivity contribution in [1.82, 2.24) is 4.90 Å². The highest BCUT2D eigenvalue weighted by Crippen LogP contribution is 2.45. The number of carbonyl (C=O) groups is 1. The summed E-state index contributed by atoms with van der Waals surface area (Å²) in [6.45, 7) is 4.59. The second-order valence-electron chi connectivity index (χ2n) is 12.1. The van der Waals surface area contributed by atoms with E-state index in [2.05, 4.69) is 17.0 Å². The van der Waals surface area contributed by atoms with Gasteiger partial charge in [0, 0.05) is 37.4 Å². The van der Waals surface area contributed by atoms with E-state index in [4.69, 9.17) is 21.1 Å². The number of nitrogens with zero attached hydrogens (tertiary/aromatic N) is 1. The van der Waals surface area contributed by atoms with Gasteiger partial charge in [0.25, 0.3) is 0 Å². The van der Waals surface area contributed by atoms with Gasteiger partial charge in [-0.25, -0.2) is 0 Å². The van der Waals surface area contributed by atoms with Gasteiger partial charge in [-0.3, -0.25) is 9.69 Å². The molecule has 3 fully saturated rings. The maximum atomic E-state index is 12.0. The maximum absolute atomic E-state index is 12.0. The first-order valence-corrected chi connectivity index (χ1v) is 16.0. The third-order valence-corrected chi connectivity index (χ3v) is 9.74. The summed E-state index contributed by atoms with van der Waals surface area (Å²) in [4.78, 5) is 14.3. The van der Waals surface area contributed by atoms with E-state index in [1.807, 2.05) is 12.1 Å². The second-order valence-corrected chi connectivity index (χ2v) is 12.6. The van der Waals surface area contributed by atoms with Crippen LogP contribution in [0.5, 0.6) is 0 Å². The van der Waals surface area contributed by atoms with Crippen molar-refractivity contribution in [1.29, 1.82) is 0 Å². The van der Waals surface area contributed by atoms with Gasteiger partial charge in [0.05, 0.1) is 25.4 Å². The summed E-state index contributed by atoms with van der Waals surface area (Å²) < 4.78 is 10.7. The van der Waals surface area contributed by atoms with Crippen molar-refractivity contribution in [2.75, 3.05) is 39.5 Å². The number of esters is 1. The Kier molecular flexibility index (Phi) is 12.9. The number of aliphatic hydroxyl groups excluding tert-OH is 2. The zero-order valence-electron chi connectivity index (χ0n) is 23.7. The lowest BCUT2D eigenvalue weighted by Gasteiger charge is -2.26. The maximum Gasteiger partial charge on any atom is 0.305 e. The number of benzene rings is 1. The van der Waals surface area contributed by atoms with Gasteiger partial charge in [-0.1, -0.05) is 75.6 Å². The lowest BCUT2D eigenvalue weighted by atomic mass is 9.82. The van der Waals surface area contributed by atoms with Crippen molar-refractivity contribution in [2.45, 2.75) is 107 Å². The first kappa shape index (κ1) is 30.8. The number of hydrogen-bond donors (Lipinski definition) is 2. The molecule has 1 aliphatic heterocycles. The van der Waals surface area contributed by atoms with Gasteiger partial charge in [0.2, 0.25) is 0 Å². The Morgan fingerprint density at radius 1 is 1.05 bits per heavy atom. The van der Waals surface area contributed by atoms with Gasteiger partial charge in [-0.15, -0.1) is 11.6 Å². The summed E-state index contributed by atoms with van der Waals surface area (Å²) in [7, 11) is 0. The average molecular weight is 564 g/mol. The fourth-order valence-electron chi connectivity index (χ4n) is 6.90. The van der Waals surface area contributed by atoms with Crippen molar-refractivity contribution in [3.8, 4) is 0 Å². The predicted molar refractivity (Wildman–Crippen MR) is 155 cm³/mol. The van der Waals surface area contributed by atoms with E-state index in [1.54, 1.807) is 0 Å². The molecule has 0 amide bonds. The Bertz CT molecular complexity index is 839. The molecule has 0 bridgehead atoms. The summed E-state index contributed by atoms with van der Waals surface area (Å²) in [5.74, 6) is 0.816. The molecule has 5 atom stereocenters. The lowest BCUT2D eigenvalue weighted by Crippen LogP contribution is -2.38. The molecule has 0 aromatic heterocycles. The molecule has 1 aromatic carbocycles. The molecule has 1 aromatic rings. The molecule has 2 saturated carbocycles. The summed E-state index contributed by atoms with van der Waals surface area (Å²) in [6.07, 6.45) is 12.4. The number of morpholine rings is 1. The van der Waals surface area contributed by atoms with E-state index in [9.17, 15) is 15.0 Å². The smallest absolute Gasteiger partial charge is 0.305 e. The summed E-state index contributed by atoms with van der Waals surface area (Å²) >= 11 is 6.72. The minimum absolute atomic E-state index is 0.0250. The third kappa shape index (κ3) is 9.71. The van der Waals surface area contributed by atoms with Crippen LogP contribution in [0, 0.1) is 11.8 Å². The van der Waals surface area contributed by atoms with Crippen molar-refractivity contribution in [2.24, 2.45) is 11.8 Å². The molecule has 220 valence electrons. The lowest BCUT2D eigenvalue weighted by molar-refractivity contribution is -0.144. The van der Waals surface area contributed by atoms with E-state index in [0.29, 0.717) is 25.4 Å². The standard InChI is InChI=1S/C32H50ClNO5/c33-28-23-30(36)32(26-14-12-25(13-15-26)29(35)22-24-8-4-3-5-9-24)27(28)10-6-1-2-7-11-31(37)39-21-18-34-16-19-38-20-17-34/h12-15,24,27-30,32,35-36H,1-11,16-23H2/t27-,28+,29?,30+,32+/m0/s1. The van der Waals surface area contributed by atoms with Crippen LogP contribution in [-0.4, -0.2) is 72.0 Å². The average Bonchev–Trinajstić information content (AvgIpc) is 3.24. The fourth-order valence-corrected chi connectivity index (χ4v) is 7.36. The number of unbranched alkanes of at least 4 members (excludes halogenated alkanes) is 3. The Morgan fingerprint density at radius 2 is 1.77 bits per heavy atom. The number of rotatable bonds is 14. The van der Waals surface area contributed by atoms with Gasteiger partial charge in [0.1, 0.15) is 6.61 Å². The normalized spacial score (nSPS) is 27.5. The van der Waals surface area contributed by atoms with E-state index in [-0.39, 0.29) is 23.2 Å². The molecule has 0 radical (unpaired) electrons. The molecule has 1 unspecified atom stereocenters. The molecule has 1 saturated heterocycles. The number of aliphatic hydroxyl groups is 2. The number of alkyl halides is 1. The molecule has 2 aliphatic carbocycles. The van der Waals surface area contributed by atoms with Gasteiger partial charge >= 0.3 is 5.97 Å². The fraction of sp³-hybridized carbons (Fsp3) is 0.781. The van der Waals surface area contributed by atoms with Crippen LogP contribution in [0.1, 0.15) is 107 Å². The molecule has 4 rings (SSSR count). The van der Waals surface area contributed by atoms with E-state index in [1.165, 1.54) is 32.1 Å². The van der Waals surface area contributed by atoms with E-state index >= 15 is 0 Å². The number of halogens is 1. The van der Waals surface area contributed by atoms with Crippen LogP contribution < -0.4 is 0 Å². The summed E-state index contributed by atoms with van der Waals surface area (Å²) in [5, 5.41) is 21.6. The zero-order valence-corrected chi connectivity index (χ0v) is 24.4. The Morgan fingerprint density at radius 3 is 2.51 bits per heavy atom. The quantitative estimate of drug-likeness (QED) is 0.165. The monoisotopic (exact) mass is 563 g/mol. The molecule has 2 N–H and O–H groups in total. The van der Waals surface area contributed by atoms with Crippen LogP contribution in [0.4, 0.5) is 0 Å². The van der Waals surface area contributed by atoms with Gasteiger partial charge in [-0.05, 0) is 48.6 Å². The third-order valence-electron chi connectivity index (χ3n) is 9.24. The SMILES string of the molecule is O=C(CCCCCC[C@@H]1[C@@H](c2ccc(C(O)CC3CCCCC3)cc2)[C@H](O)C[C@H]1Cl)OCCN1CCOCC1. The first-order valence-electron chi connectivity index (χ1n) is 15.6. The summed E-state index contributed by atoms with van der Waals surface area (Å²) in [6, 6.07) is 8.29. The second kappa shape index (κ2) is 16.3. The van der Waals surface area contributed by atoms with Crippen molar-refractivity contribution in [3.63, 3.8) is 0 Å². The molecule has 3 aliphatic rings. The molecule has 6 nitrogen and oxygen atoms in total. The first-order chi connectivity index (χ1) is 19.0. The molecule has 0 spiro atoms. The number of hydrogen-bond acceptors (Lipinski definition) is 6. The van der Waals surface area contributed by atoms with Crippen LogP contribution in [0.2, 0.25) is 0 Å². The highest BCUT2D eigenvalue weighted by atomic mass is 35.5. The van der Waals surface area contributed by atoms with Gasteiger partial charge in [0.15, 0.2) is 0 Å². The molecule has 1 heterocycles. The highest BCUT2D eigenvalue weighted by molar-refractivity contribution is 6.21. The Labute approximate surface area is 240 Å². The number of carbonyl (C=O) groups excluding carboxylic acids is 1. The molecule has 39 heavy (non-hydrogen) atoms. The van der Waals surface area contributed by atoms with Crippen LogP contribution in [-0.2, 0) is 14.3 Å². The van der Waals surface area contributed by atoms with E-state index < -0.39 is 12.2 Å². The molecular weight excluding hydrogens is 514 g/mol. The molecular formula is C32H50ClNO5. The van der Waals surface area contributed by atoms with Crippen LogP contribution >= 0.6 is 11.6 Å². The largest absolute Gasteiger partial charge is 0.464 e. The van der Waals surface area contributed by atoms with Crippen LogP contribution in [0.15, 0.2) is 24.3 Å². The summed E-state index contributed by atoms with van der Waals surface area (Å²) in [5.41, 5.74) is 2.11. The van der Waals surface area contributed by atoms with Gasteiger partial charge in [-0.2, -0.15) is 0 Å². The van der Waals surface area contributed by atoms with Crippen LogP contribution in [0.3, 0.4) is 0 Å². The molecule has 7 heteroatoms. The Hall–Kier alpha value is -1.18. The van der Waals surface area contributed by atoms with Crippen molar-refractivity contribution >= 4 is 17.6 Å².